The molecule has 1 aromatic heterocycles. The zero-order valence-corrected chi connectivity index (χ0v) is 12.0. The van der Waals surface area contributed by atoms with Gasteiger partial charge >= 0.3 is 5.69 Å². The number of hydrogen-bond acceptors (Lipinski definition) is 5. The minimum absolute atomic E-state index is 0.000262. The predicted octanol–water partition coefficient (Wildman–Crippen LogP) is 2.08. The molecule has 0 amide bonds. The highest BCUT2D eigenvalue weighted by Gasteiger charge is 2.28. The van der Waals surface area contributed by atoms with Crippen molar-refractivity contribution < 1.29 is 10.0 Å². The van der Waals surface area contributed by atoms with Gasteiger partial charge in [0.25, 0.3) is 5.69 Å². The summed E-state index contributed by atoms with van der Waals surface area (Å²) < 4.78 is 2.89. The first kappa shape index (κ1) is 13.7. The molecule has 0 radical (unpaired) electrons. The number of aromatic nitrogens is 2. The Morgan fingerprint density at radius 1 is 1.43 bits per heavy atom. The van der Waals surface area contributed by atoms with Gasteiger partial charge in [0.2, 0.25) is 5.88 Å². The highest BCUT2D eigenvalue weighted by molar-refractivity contribution is 7.98. The van der Waals surface area contributed by atoms with Crippen molar-refractivity contribution in [1.82, 2.24) is 9.13 Å². The summed E-state index contributed by atoms with van der Waals surface area (Å²) in [5.74, 6) is 0.588. The van der Waals surface area contributed by atoms with Crippen LogP contribution in [-0.2, 0) is 12.3 Å². The lowest BCUT2D eigenvalue weighted by molar-refractivity contribution is -0.384. The van der Waals surface area contributed by atoms with Crippen molar-refractivity contribution in [3.63, 3.8) is 0 Å². The van der Waals surface area contributed by atoms with Crippen molar-refractivity contribution >= 4 is 17.4 Å². The predicted molar refractivity (Wildman–Crippen MR) is 78.6 cm³/mol. The molecule has 1 atom stereocenters. The van der Waals surface area contributed by atoms with Crippen LogP contribution in [0.1, 0.15) is 23.6 Å². The topological polar surface area (TPSA) is 90.3 Å². The molecule has 3 rings (SSSR count). The summed E-state index contributed by atoms with van der Waals surface area (Å²) in [6.45, 7) is 2.11. The molecule has 1 N–H and O–H groups in total. The van der Waals surface area contributed by atoms with Crippen molar-refractivity contribution in [1.29, 1.82) is 0 Å². The van der Waals surface area contributed by atoms with Crippen molar-refractivity contribution in [2.45, 2.75) is 24.6 Å². The number of imidazole rings is 1. The molecule has 1 aliphatic heterocycles. The molecule has 1 unspecified atom stereocenters. The van der Waals surface area contributed by atoms with E-state index in [4.69, 9.17) is 0 Å². The second-order valence-corrected chi connectivity index (χ2v) is 6.15. The van der Waals surface area contributed by atoms with Gasteiger partial charge in [0, 0.05) is 17.9 Å². The van der Waals surface area contributed by atoms with Gasteiger partial charge in [-0.3, -0.25) is 19.2 Å². The molecule has 21 heavy (non-hydrogen) atoms. The number of aromatic hydroxyl groups is 1. The van der Waals surface area contributed by atoms with E-state index in [1.807, 2.05) is 6.92 Å². The Morgan fingerprint density at radius 2 is 2.10 bits per heavy atom. The molecule has 0 bridgehead atoms. The van der Waals surface area contributed by atoms with Crippen LogP contribution in [0.25, 0.3) is 0 Å². The molecule has 2 heterocycles. The van der Waals surface area contributed by atoms with E-state index >= 15 is 0 Å². The number of nitro groups is 1. The molecule has 8 heteroatoms. The first-order valence-corrected chi connectivity index (χ1v) is 7.41. The summed E-state index contributed by atoms with van der Waals surface area (Å²) in [6.07, 6.45) is 0. The third-order valence-electron chi connectivity index (χ3n) is 3.55. The van der Waals surface area contributed by atoms with Gasteiger partial charge in [0.1, 0.15) is 0 Å². The maximum absolute atomic E-state index is 12.3. The van der Waals surface area contributed by atoms with Crippen LogP contribution in [-0.4, -0.2) is 19.2 Å². The van der Waals surface area contributed by atoms with Crippen LogP contribution in [0.3, 0.4) is 0 Å². The molecule has 2 aromatic rings. The summed E-state index contributed by atoms with van der Waals surface area (Å²) in [5.41, 5.74) is 1.11. The van der Waals surface area contributed by atoms with Crippen LogP contribution >= 0.6 is 11.8 Å². The summed E-state index contributed by atoms with van der Waals surface area (Å²) in [6, 6.07) is 5.95. The first-order chi connectivity index (χ1) is 9.99. The van der Waals surface area contributed by atoms with Crippen LogP contribution in [0, 0.1) is 10.1 Å². The molecule has 1 aromatic carbocycles. The Hall–Kier alpha value is -2.22. The molecular weight excluding hydrogens is 294 g/mol. The number of rotatable bonds is 3. The Labute approximate surface area is 124 Å². The highest BCUT2D eigenvalue weighted by atomic mass is 32.2. The first-order valence-electron chi connectivity index (χ1n) is 6.37. The lowest BCUT2D eigenvalue weighted by atomic mass is 10.2. The van der Waals surface area contributed by atoms with Gasteiger partial charge in [-0.1, -0.05) is 12.1 Å². The zero-order chi connectivity index (χ0) is 15.1. The number of nitro benzene ring substituents is 1. The fourth-order valence-electron chi connectivity index (χ4n) is 2.43. The Balaban J connectivity index is 1.94. The van der Waals surface area contributed by atoms with Gasteiger partial charge in [0.05, 0.1) is 22.5 Å². The van der Waals surface area contributed by atoms with Gasteiger partial charge in [-0.15, -0.1) is 11.8 Å². The van der Waals surface area contributed by atoms with E-state index in [1.165, 1.54) is 16.7 Å². The highest BCUT2D eigenvalue weighted by Crippen LogP contribution is 2.37. The number of nitrogens with zero attached hydrogens (tertiary/aromatic N) is 3. The second kappa shape index (κ2) is 4.96. The van der Waals surface area contributed by atoms with Crippen LogP contribution < -0.4 is 5.69 Å². The van der Waals surface area contributed by atoms with Crippen molar-refractivity contribution in [2.24, 2.45) is 0 Å². The lowest BCUT2D eigenvalue weighted by Gasteiger charge is -2.05. The summed E-state index contributed by atoms with van der Waals surface area (Å²) in [7, 11) is 0. The minimum Gasteiger partial charge on any atom is -0.493 e. The second-order valence-electron chi connectivity index (χ2n) is 4.84. The van der Waals surface area contributed by atoms with Crippen LogP contribution in [0.2, 0.25) is 0 Å². The lowest BCUT2D eigenvalue weighted by Crippen LogP contribution is -2.25. The maximum Gasteiger partial charge on any atom is 0.332 e. The fourth-order valence-corrected chi connectivity index (χ4v) is 3.46. The van der Waals surface area contributed by atoms with E-state index in [-0.39, 0.29) is 29.2 Å². The normalized spacial score (nSPS) is 16.9. The quantitative estimate of drug-likeness (QED) is 0.692. The number of non-ortho nitro benzene ring substituents is 1. The number of thioether (sulfide) groups is 1. The minimum atomic E-state index is -0.473. The monoisotopic (exact) mass is 307 g/mol. The smallest absolute Gasteiger partial charge is 0.332 e. The third kappa shape index (κ3) is 2.21. The van der Waals surface area contributed by atoms with E-state index in [0.29, 0.717) is 11.4 Å². The standard InChI is InChI=1S/C13H13N3O4S/c1-8-15-11(7-21-8)12(17)14(13(15)18)6-9-2-4-10(5-3-9)16(19)20/h2-5,8,17H,6-7H2,1H3. The number of hydrogen-bond donors (Lipinski definition) is 1. The Morgan fingerprint density at radius 3 is 2.67 bits per heavy atom. The fraction of sp³-hybridized carbons (Fsp3) is 0.308. The van der Waals surface area contributed by atoms with Gasteiger partial charge in [-0.25, -0.2) is 4.79 Å². The molecule has 1 aliphatic rings. The molecule has 0 fully saturated rings. The molecule has 0 spiro atoms. The molecular formula is C13H13N3O4S. The van der Waals surface area contributed by atoms with Crippen molar-refractivity contribution in [3.8, 4) is 5.88 Å². The zero-order valence-electron chi connectivity index (χ0n) is 11.2. The molecule has 0 saturated heterocycles. The third-order valence-corrected chi connectivity index (χ3v) is 4.69. The van der Waals surface area contributed by atoms with E-state index < -0.39 is 4.92 Å². The summed E-state index contributed by atoms with van der Waals surface area (Å²) in [4.78, 5) is 22.5. The van der Waals surface area contributed by atoms with Crippen LogP contribution in [0.4, 0.5) is 5.69 Å². The average molecular weight is 307 g/mol. The van der Waals surface area contributed by atoms with Gasteiger partial charge in [0.15, 0.2) is 0 Å². The Kier molecular flexibility index (Phi) is 3.25. The van der Waals surface area contributed by atoms with Crippen LogP contribution in [0.5, 0.6) is 5.88 Å². The molecule has 0 saturated carbocycles. The van der Waals surface area contributed by atoms with Gasteiger partial charge in [-0.2, -0.15) is 0 Å². The van der Waals surface area contributed by atoms with E-state index in [2.05, 4.69) is 0 Å². The molecule has 110 valence electrons. The van der Waals surface area contributed by atoms with E-state index in [9.17, 15) is 20.0 Å². The van der Waals surface area contributed by atoms with E-state index in [0.717, 1.165) is 5.56 Å². The van der Waals surface area contributed by atoms with E-state index in [1.54, 1.807) is 28.5 Å². The summed E-state index contributed by atoms with van der Waals surface area (Å²) >= 11 is 1.60. The average Bonchev–Trinajstić information content (AvgIpc) is 2.95. The number of fused-ring (bicyclic) bond motifs is 1. The SMILES string of the molecule is CC1SCc2c(O)n(Cc3ccc([N+](=O)[O-])cc3)c(=O)n21. The Bertz CT molecular complexity index is 763. The van der Waals surface area contributed by atoms with Gasteiger partial charge in [-0.05, 0) is 12.5 Å². The summed E-state index contributed by atoms with van der Waals surface area (Å²) in [5, 5.41) is 20.8. The largest absolute Gasteiger partial charge is 0.493 e. The van der Waals surface area contributed by atoms with Crippen molar-refractivity contribution in [2.75, 3.05) is 0 Å². The maximum atomic E-state index is 12.3. The van der Waals surface area contributed by atoms with Crippen LogP contribution in [0.15, 0.2) is 29.1 Å². The van der Waals surface area contributed by atoms with Gasteiger partial charge < -0.3 is 5.11 Å². The number of benzene rings is 1. The van der Waals surface area contributed by atoms with Crippen molar-refractivity contribution in [3.05, 3.63) is 56.1 Å². The molecule has 7 nitrogen and oxygen atoms in total. The molecule has 0 aliphatic carbocycles.